The van der Waals surface area contributed by atoms with Gasteiger partial charge in [0.25, 0.3) is 5.91 Å². The molecule has 5 heteroatoms. The van der Waals surface area contributed by atoms with E-state index in [1.165, 1.54) is 24.2 Å². The van der Waals surface area contributed by atoms with Crippen LogP contribution in [-0.2, 0) is 0 Å². The molecule has 0 aliphatic heterocycles. The molecular weight excluding hydrogens is 244 g/mol. The van der Waals surface area contributed by atoms with Crippen molar-refractivity contribution in [2.75, 3.05) is 20.1 Å². The summed E-state index contributed by atoms with van der Waals surface area (Å²) in [5.74, 6) is -0.0146. The minimum Gasteiger partial charge on any atom is -0.351 e. The van der Waals surface area contributed by atoms with Crippen LogP contribution in [0.2, 0.25) is 4.34 Å². The number of thiophene rings is 1. The molecule has 0 radical (unpaired) electrons. The Balaban J connectivity index is 1.84. The van der Waals surface area contributed by atoms with E-state index >= 15 is 0 Å². The lowest BCUT2D eigenvalue weighted by atomic mass is 10.1. The van der Waals surface area contributed by atoms with Crippen molar-refractivity contribution in [3.8, 4) is 0 Å². The third kappa shape index (κ3) is 2.75. The molecule has 1 heterocycles. The lowest BCUT2D eigenvalue weighted by molar-refractivity contribution is 0.0949. The van der Waals surface area contributed by atoms with Crippen LogP contribution in [0, 0.1) is 5.41 Å². The maximum absolute atomic E-state index is 11.8. The largest absolute Gasteiger partial charge is 0.351 e. The van der Waals surface area contributed by atoms with Gasteiger partial charge in [0.2, 0.25) is 0 Å². The normalized spacial score (nSPS) is 17.1. The van der Waals surface area contributed by atoms with Crippen LogP contribution < -0.4 is 10.6 Å². The molecule has 16 heavy (non-hydrogen) atoms. The van der Waals surface area contributed by atoms with Crippen molar-refractivity contribution in [1.82, 2.24) is 10.6 Å². The van der Waals surface area contributed by atoms with Crippen LogP contribution >= 0.6 is 22.9 Å². The second kappa shape index (κ2) is 4.73. The first-order valence-corrected chi connectivity index (χ1v) is 6.53. The zero-order chi connectivity index (χ0) is 11.6. The van der Waals surface area contributed by atoms with E-state index in [9.17, 15) is 4.79 Å². The van der Waals surface area contributed by atoms with Gasteiger partial charge in [0.05, 0.1) is 9.21 Å². The molecule has 0 spiro atoms. The topological polar surface area (TPSA) is 41.1 Å². The highest BCUT2D eigenvalue weighted by Gasteiger charge is 2.41. The van der Waals surface area contributed by atoms with Gasteiger partial charge in [-0.15, -0.1) is 11.3 Å². The molecular formula is C11H15ClN2OS. The Labute approximate surface area is 104 Å². The number of halogens is 1. The van der Waals surface area contributed by atoms with Crippen molar-refractivity contribution in [2.45, 2.75) is 12.8 Å². The van der Waals surface area contributed by atoms with Gasteiger partial charge >= 0.3 is 0 Å². The maximum atomic E-state index is 11.8. The predicted molar refractivity (Wildman–Crippen MR) is 67.3 cm³/mol. The average Bonchev–Trinajstić information content (AvgIpc) is 2.89. The molecule has 3 nitrogen and oxygen atoms in total. The van der Waals surface area contributed by atoms with Crippen LogP contribution in [0.4, 0.5) is 0 Å². The van der Waals surface area contributed by atoms with Gasteiger partial charge < -0.3 is 10.6 Å². The van der Waals surface area contributed by atoms with E-state index in [0.29, 0.717) is 14.6 Å². The Kier molecular flexibility index (Phi) is 3.52. The second-order valence-corrected chi connectivity index (χ2v) is 6.03. The van der Waals surface area contributed by atoms with Crippen LogP contribution in [-0.4, -0.2) is 26.0 Å². The van der Waals surface area contributed by atoms with Crippen molar-refractivity contribution < 1.29 is 4.79 Å². The molecule has 88 valence electrons. The van der Waals surface area contributed by atoms with E-state index in [0.717, 1.165) is 13.1 Å². The highest BCUT2D eigenvalue weighted by Crippen LogP contribution is 2.44. The zero-order valence-corrected chi connectivity index (χ0v) is 10.8. The van der Waals surface area contributed by atoms with Crippen molar-refractivity contribution in [3.05, 3.63) is 21.3 Å². The van der Waals surface area contributed by atoms with Gasteiger partial charge in [-0.2, -0.15) is 0 Å². The van der Waals surface area contributed by atoms with Gasteiger partial charge in [0, 0.05) is 18.5 Å². The zero-order valence-electron chi connectivity index (χ0n) is 9.18. The summed E-state index contributed by atoms with van der Waals surface area (Å²) in [4.78, 5) is 12.4. The van der Waals surface area contributed by atoms with E-state index in [1.54, 1.807) is 12.1 Å². The Hall–Kier alpha value is -0.580. The van der Waals surface area contributed by atoms with Gasteiger partial charge in [0.1, 0.15) is 0 Å². The summed E-state index contributed by atoms with van der Waals surface area (Å²) in [7, 11) is 1.95. The average molecular weight is 259 g/mol. The summed E-state index contributed by atoms with van der Waals surface area (Å²) in [5, 5.41) is 6.14. The van der Waals surface area contributed by atoms with E-state index in [-0.39, 0.29) is 5.91 Å². The minimum atomic E-state index is -0.0146. The number of hydrogen-bond acceptors (Lipinski definition) is 3. The minimum absolute atomic E-state index is 0.0146. The Morgan fingerprint density at radius 1 is 1.50 bits per heavy atom. The molecule has 1 saturated carbocycles. The number of carbonyl (C=O) groups excluding carboxylic acids is 1. The highest BCUT2D eigenvalue weighted by molar-refractivity contribution is 7.17. The first-order valence-electron chi connectivity index (χ1n) is 5.33. The van der Waals surface area contributed by atoms with E-state index in [4.69, 9.17) is 11.6 Å². The monoisotopic (exact) mass is 258 g/mol. The fraction of sp³-hybridized carbons (Fsp3) is 0.545. The fourth-order valence-corrected chi connectivity index (χ4v) is 2.72. The summed E-state index contributed by atoms with van der Waals surface area (Å²) in [6, 6.07) is 3.52. The van der Waals surface area contributed by atoms with E-state index in [2.05, 4.69) is 10.6 Å². The smallest absolute Gasteiger partial charge is 0.261 e. The molecule has 1 aromatic heterocycles. The summed E-state index contributed by atoms with van der Waals surface area (Å²) >= 11 is 7.10. The molecule has 1 aromatic rings. The number of carbonyl (C=O) groups is 1. The summed E-state index contributed by atoms with van der Waals surface area (Å²) in [5.41, 5.74) is 0.297. The van der Waals surface area contributed by atoms with Gasteiger partial charge in [-0.25, -0.2) is 0 Å². The molecule has 0 atom stereocenters. The Morgan fingerprint density at radius 3 is 2.75 bits per heavy atom. The van der Waals surface area contributed by atoms with Crippen LogP contribution in [0.1, 0.15) is 22.5 Å². The molecule has 2 N–H and O–H groups in total. The number of hydrogen-bond donors (Lipinski definition) is 2. The highest BCUT2D eigenvalue weighted by atomic mass is 35.5. The standard InChI is InChI=1S/C11H15ClN2OS/c1-13-6-11(4-5-11)7-14-10(15)8-2-3-9(12)16-8/h2-3,13H,4-7H2,1H3,(H,14,15). The SMILES string of the molecule is CNCC1(CNC(=O)c2ccc(Cl)s2)CC1. The first-order chi connectivity index (χ1) is 7.65. The molecule has 0 bridgehead atoms. The first kappa shape index (κ1) is 11.9. The van der Waals surface area contributed by atoms with Crippen LogP contribution in [0.15, 0.2) is 12.1 Å². The number of rotatable bonds is 5. The lowest BCUT2D eigenvalue weighted by Gasteiger charge is -2.14. The van der Waals surface area contributed by atoms with Gasteiger partial charge in [-0.05, 0) is 32.0 Å². The quantitative estimate of drug-likeness (QED) is 0.850. The third-order valence-corrected chi connectivity index (χ3v) is 4.16. The molecule has 1 aliphatic carbocycles. The molecule has 2 rings (SSSR count). The van der Waals surface area contributed by atoms with Crippen molar-refractivity contribution in [2.24, 2.45) is 5.41 Å². The van der Waals surface area contributed by atoms with Crippen LogP contribution in [0.3, 0.4) is 0 Å². The lowest BCUT2D eigenvalue weighted by Crippen LogP contribution is -2.34. The molecule has 0 saturated heterocycles. The molecule has 1 amide bonds. The van der Waals surface area contributed by atoms with Gasteiger partial charge in [0.15, 0.2) is 0 Å². The molecule has 1 aliphatic rings. The fourth-order valence-electron chi connectivity index (χ4n) is 1.76. The third-order valence-electron chi connectivity index (χ3n) is 2.93. The predicted octanol–water partition coefficient (Wildman–Crippen LogP) is 2.13. The van der Waals surface area contributed by atoms with E-state index < -0.39 is 0 Å². The van der Waals surface area contributed by atoms with Gasteiger partial charge in [-0.3, -0.25) is 4.79 Å². The van der Waals surface area contributed by atoms with Gasteiger partial charge in [-0.1, -0.05) is 11.6 Å². The van der Waals surface area contributed by atoms with Crippen LogP contribution in [0.25, 0.3) is 0 Å². The summed E-state index contributed by atoms with van der Waals surface area (Å²) in [6.45, 7) is 1.72. The molecule has 0 unspecified atom stereocenters. The summed E-state index contributed by atoms with van der Waals surface area (Å²) < 4.78 is 0.654. The van der Waals surface area contributed by atoms with Crippen molar-refractivity contribution >= 4 is 28.8 Å². The summed E-state index contributed by atoms with van der Waals surface area (Å²) in [6.07, 6.45) is 2.39. The number of amides is 1. The second-order valence-electron chi connectivity index (χ2n) is 4.32. The Bertz CT molecular complexity index is 387. The Morgan fingerprint density at radius 2 is 2.25 bits per heavy atom. The van der Waals surface area contributed by atoms with E-state index in [1.807, 2.05) is 7.05 Å². The number of nitrogens with one attached hydrogen (secondary N) is 2. The molecule has 1 fully saturated rings. The maximum Gasteiger partial charge on any atom is 0.261 e. The van der Waals surface area contributed by atoms with Crippen molar-refractivity contribution in [3.63, 3.8) is 0 Å². The van der Waals surface area contributed by atoms with Crippen LogP contribution in [0.5, 0.6) is 0 Å². The molecule has 0 aromatic carbocycles. The van der Waals surface area contributed by atoms with Crippen molar-refractivity contribution in [1.29, 1.82) is 0 Å².